The monoisotopic (exact) mass is 368 g/mol. The van der Waals surface area contributed by atoms with Crippen LogP contribution in [-0.2, 0) is 9.53 Å². The van der Waals surface area contributed by atoms with Crippen molar-refractivity contribution in [3.8, 4) is 0 Å². The number of carbonyl (C=O) groups is 2. The quantitative estimate of drug-likeness (QED) is 0.487. The van der Waals surface area contributed by atoms with E-state index in [-0.39, 0.29) is 16.6 Å². The van der Waals surface area contributed by atoms with Crippen molar-refractivity contribution < 1.29 is 19.2 Å². The van der Waals surface area contributed by atoms with Crippen LogP contribution in [0.15, 0.2) is 18.2 Å². The van der Waals surface area contributed by atoms with Gasteiger partial charge in [0.15, 0.2) is 6.10 Å². The number of rotatable bonds is 5. The first-order valence-corrected chi connectivity index (χ1v) is 8.62. The summed E-state index contributed by atoms with van der Waals surface area (Å²) in [6, 6.07) is 3.67. The van der Waals surface area contributed by atoms with Crippen LogP contribution in [0, 0.1) is 16.0 Å². The van der Waals surface area contributed by atoms with E-state index in [4.69, 9.17) is 16.3 Å². The smallest absolute Gasteiger partial charge is 0.345 e. The molecule has 0 spiro atoms. The second kappa shape index (κ2) is 8.29. The number of ether oxygens (including phenoxy) is 1. The number of hydrogen-bond acceptors (Lipinski definition) is 5. The molecule has 8 heteroatoms. The average Bonchev–Trinajstić information content (AvgIpc) is 2.56. The summed E-state index contributed by atoms with van der Waals surface area (Å²) in [5, 5.41) is 14.1. The van der Waals surface area contributed by atoms with Gasteiger partial charge < -0.3 is 10.1 Å². The van der Waals surface area contributed by atoms with Crippen molar-refractivity contribution in [2.75, 3.05) is 0 Å². The number of carbonyl (C=O) groups excluding carboxylic acids is 2. The van der Waals surface area contributed by atoms with Crippen LogP contribution in [0.2, 0.25) is 5.02 Å². The first kappa shape index (κ1) is 19.2. The van der Waals surface area contributed by atoms with E-state index in [2.05, 4.69) is 12.2 Å². The Hall–Kier alpha value is -2.15. The molecule has 0 saturated heterocycles. The molecule has 1 saturated carbocycles. The summed E-state index contributed by atoms with van der Waals surface area (Å²) in [6.07, 6.45) is 3.09. The molecule has 1 aromatic carbocycles. The first-order valence-electron chi connectivity index (χ1n) is 8.25. The number of nitro groups is 1. The van der Waals surface area contributed by atoms with E-state index < -0.39 is 28.6 Å². The van der Waals surface area contributed by atoms with Crippen molar-refractivity contribution in [3.63, 3.8) is 0 Å². The molecule has 3 atom stereocenters. The summed E-state index contributed by atoms with van der Waals surface area (Å²) in [5.74, 6) is -0.986. The van der Waals surface area contributed by atoms with E-state index in [0.717, 1.165) is 37.8 Å². The van der Waals surface area contributed by atoms with E-state index >= 15 is 0 Å². The number of nitrogens with one attached hydrogen (secondary N) is 1. The van der Waals surface area contributed by atoms with Gasteiger partial charge in [-0.1, -0.05) is 31.4 Å². The maximum absolute atomic E-state index is 12.3. The molecule has 0 unspecified atom stereocenters. The SMILES string of the molecule is C[C@@H](OC(=O)c1cc(Cl)ccc1[N+](=O)[O-])C(=O)N[C@H]1CCCC[C@@H]1C. The van der Waals surface area contributed by atoms with Crippen LogP contribution < -0.4 is 5.32 Å². The second-order valence-electron chi connectivity index (χ2n) is 6.34. The second-order valence-corrected chi connectivity index (χ2v) is 6.78. The van der Waals surface area contributed by atoms with Gasteiger partial charge in [0.2, 0.25) is 0 Å². The average molecular weight is 369 g/mol. The standard InChI is InChI=1S/C17H21ClN2O5/c1-10-5-3-4-6-14(10)19-16(21)11(2)25-17(22)13-9-12(18)7-8-15(13)20(23)24/h7-11,14H,3-6H2,1-2H3,(H,19,21)/t10-,11+,14-/m0/s1. The molecule has 7 nitrogen and oxygen atoms in total. The fourth-order valence-corrected chi connectivity index (χ4v) is 3.11. The van der Waals surface area contributed by atoms with Crippen LogP contribution in [0.1, 0.15) is 49.9 Å². The Balaban J connectivity index is 2.03. The maximum Gasteiger partial charge on any atom is 0.345 e. The minimum absolute atomic E-state index is 0.0582. The highest BCUT2D eigenvalue weighted by Gasteiger charge is 2.28. The van der Waals surface area contributed by atoms with Crippen molar-refractivity contribution in [2.24, 2.45) is 5.92 Å². The summed E-state index contributed by atoms with van der Waals surface area (Å²) in [4.78, 5) is 34.8. The van der Waals surface area contributed by atoms with Gasteiger partial charge in [-0.3, -0.25) is 14.9 Å². The molecule has 0 aromatic heterocycles. The van der Waals surface area contributed by atoms with Gasteiger partial charge in [-0.05, 0) is 37.8 Å². The predicted molar refractivity (Wildman–Crippen MR) is 92.5 cm³/mol. The number of halogens is 1. The van der Waals surface area contributed by atoms with Crippen molar-refractivity contribution in [3.05, 3.63) is 38.9 Å². The summed E-state index contributed by atoms with van der Waals surface area (Å²) >= 11 is 5.80. The molecule has 25 heavy (non-hydrogen) atoms. The number of nitrogens with zero attached hydrogens (tertiary/aromatic N) is 1. The number of nitro benzene ring substituents is 1. The lowest BCUT2D eigenvalue weighted by atomic mass is 9.86. The molecule has 136 valence electrons. The molecular weight excluding hydrogens is 348 g/mol. The molecule has 1 N–H and O–H groups in total. The van der Waals surface area contributed by atoms with Crippen LogP contribution in [0.3, 0.4) is 0 Å². The topological polar surface area (TPSA) is 98.5 Å². The van der Waals surface area contributed by atoms with Gasteiger partial charge in [-0.2, -0.15) is 0 Å². The highest BCUT2D eigenvalue weighted by atomic mass is 35.5. The Morgan fingerprint density at radius 3 is 2.68 bits per heavy atom. The van der Waals surface area contributed by atoms with Crippen molar-refractivity contribution >= 4 is 29.2 Å². The van der Waals surface area contributed by atoms with Gasteiger partial charge in [0.1, 0.15) is 5.56 Å². The first-order chi connectivity index (χ1) is 11.8. The third-order valence-corrected chi connectivity index (χ3v) is 4.70. The van der Waals surface area contributed by atoms with E-state index in [0.29, 0.717) is 5.92 Å². The van der Waals surface area contributed by atoms with Crippen LogP contribution in [0.25, 0.3) is 0 Å². The maximum atomic E-state index is 12.3. The number of hydrogen-bond donors (Lipinski definition) is 1. The lowest BCUT2D eigenvalue weighted by Gasteiger charge is -2.30. The van der Waals surface area contributed by atoms with Gasteiger partial charge in [0.25, 0.3) is 11.6 Å². The molecule has 2 rings (SSSR count). The largest absolute Gasteiger partial charge is 0.449 e. The summed E-state index contributed by atoms with van der Waals surface area (Å²) in [5.41, 5.74) is -0.689. The Morgan fingerprint density at radius 1 is 1.36 bits per heavy atom. The molecule has 1 amide bonds. The van der Waals surface area contributed by atoms with E-state index in [1.54, 1.807) is 0 Å². The molecule has 1 aliphatic carbocycles. The third kappa shape index (κ3) is 4.92. The van der Waals surface area contributed by atoms with Crippen molar-refractivity contribution in [1.82, 2.24) is 5.32 Å². The van der Waals surface area contributed by atoms with E-state index in [1.165, 1.54) is 13.0 Å². The number of amides is 1. The predicted octanol–water partition coefficient (Wildman–Crippen LogP) is 3.49. The van der Waals surface area contributed by atoms with Crippen LogP contribution in [-0.4, -0.2) is 28.9 Å². The molecule has 1 aromatic rings. The summed E-state index contributed by atoms with van der Waals surface area (Å²) in [7, 11) is 0. The van der Waals surface area contributed by atoms with Gasteiger partial charge in [0.05, 0.1) is 4.92 Å². The van der Waals surface area contributed by atoms with Crippen molar-refractivity contribution in [1.29, 1.82) is 0 Å². The van der Waals surface area contributed by atoms with E-state index in [9.17, 15) is 19.7 Å². The molecule has 0 radical (unpaired) electrons. The lowest BCUT2D eigenvalue weighted by Crippen LogP contribution is -2.46. The van der Waals surface area contributed by atoms with Gasteiger partial charge >= 0.3 is 5.97 Å². The molecular formula is C17H21ClN2O5. The van der Waals surface area contributed by atoms with Crippen LogP contribution in [0.4, 0.5) is 5.69 Å². The zero-order chi connectivity index (χ0) is 18.6. The molecule has 1 aliphatic rings. The molecule has 0 aliphatic heterocycles. The highest BCUT2D eigenvalue weighted by Crippen LogP contribution is 2.25. The fraction of sp³-hybridized carbons (Fsp3) is 0.529. The van der Waals surface area contributed by atoms with Crippen LogP contribution >= 0.6 is 11.6 Å². The summed E-state index contributed by atoms with van der Waals surface area (Å²) < 4.78 is 5.11. The Labute approximate surface area is 150 Å². The number of esters is 1. The van der Waals surface area contributed by atoms with E-state index in [1.807, 2.05) is 0 Å². The Bertz CT molecular complexity index is 679. The number of benzene rings is 1. The highest BCUT2D eigenvalue weighted by molar-refractivity contribution is 6.31. The fourth-order valence-electron chi connectivity index (χ4n) is 2.94. The Morgan fingerprint density at radius 2 is 2.04 bits per heavy atom. The zero-order valence-electron chi connectivity index (χ0n) is 14.2. The van der Waals surface area contributed by atoms with Crippen molar-refractivity contribution in [2.45, 2.75) is 51.7 Å². The zero-order valence-corrected chi connectivity index (χ0v) is 14.9. The van der Waals surface area contributed by atoms with Gasteiger partial charge in [-0.25, -0.2) is 4.79 Å². The summed E-state index contributed by atoms with van der Waals surface area (Å²) in [6.45, 7) is 3.52. The lowest BCUT2D eigenvalue weighted by molar-refractivity contribution is -0.385. The molecule has 1 fully saturated rings. The third-order valence-electron chi connectivity index (χ3n) is 4.47. The molecule has 0 bridgehead atoms. The minimum Gasteiger partial charge on any atom is -0.449 e. The normalized spacial score (nSPS) is 21.2. The Kier molecular flexibility index (Phi) is 6.36. The molecule has 0 heterocycles. The minimum atomic E-state index is -1.06. The van der Waals surface area contributed by atoms with Gasteiger partial charge in [-0.15, -0.1) is 0 Å². The van der Waals surface area contributed by atoms with Crippen LogP contribution in [0.5, 0.6) is 0 Å². The van der Waals surface area contributed by atoms with Gasteiger partial charge in [0, 0.05) is 17.1 Å².